The molecule has 1 saturated heterocycles. The highest BCUT2D eigenvalue weighted by Gasteiger charge is 2.20. The molecule has 0 unspecified atom stereocenters. The Kier molecular flexibility index (Phi) is 5.65. The van der Waals surface area contributed by atoms with Crippen LogP contribution >= 0.6 is 0 Å². The lowest BCUT2D eigenvalue weighted by Gasteiger charge is -2.15. The molecular weight excluding hydrogens is 350 g/mol. The summed E-state index contributed by atoms with van der Waals surface area (Å²) in [5.74, 6) is -0.505. The number of amides is 2. The Morgan fingerprint density at radius 1 is 1.11 bits per heavy atom. The summed E-state index contributed by atoms with van der Waals surface area (Å²) in [5.41, 5.74) is 0.772. The van der Waals surface area contributed by atoms with Crippen molar-refractivity contribution in [3.63, 3.8) is 0 Å². The predicted octanol–water partition coefficient (Wildman–Crippen LogP) is 2.85. The fourth-order valence-electron chi connectivity index (χ4n) is 2.90. The second-order valence-corrected chi connectivity index (χ2v) is 6.14. The number of para-hydroxylation sites is 2. The fraction of sp³-hybridized carbons (Fsp3) is 0.263. The molecule has 2 amide bonds. The average Bonchev–Trinajstić information content (AvgIpc) is 3.21. The molecule has 140 valence electrons. The number of anilines is 1. The number of hydrogen-bond donors (Lipinski definition) is 1. The van der Waals surface area contributed by atoms with Crippen LogP contribution in [-0.4, -0.2) is 41.3 Å². The Balaban J connectivity index is 1.60. The molecule has 8 nitrogen and oxygen atoms in total. The van der Waals surface area contributed by atoms with Gasteiger partial charge in [-0.05, 0) is 37.1 Å². The molecule has 1 heterocycles. The Bertz CT molecular complexity index is 862. The number of nitro benzene ring substituents is 1. The summed E-state index contributed by atoms with van der Waals surface area (Å²) < 4.78 is 5.26. The highest BCUT2D eigenvalue weighted by Crippen LogP contribution is 2.25. The Hall–Kier alpha value is -3.42. The van der Waals surface area contributed by atoms with E-state index in [1.807, 2.05) is 0 Å². The third-order valence-corrected chi connectivity index (χ3v) is 4.21. The Morgan fingerprint density at radius 2 is 1.85 bits per heavy atom. The topological polar surface area (TPSA) is 102 Å². The summed E-state index contributed by atoms with van der Waals surface area (Å²) in [6.45, 7) is 1.12. The van der Waals surface area contributed by atoms with E-state index in [1.165, 1.54) is 18.2 Å². The fourth-order valence-corrected chi connectivity index (χ4v) is 2.90. The van der Waals surface area contributed by atoms with Crippen LogP contribution in [0, 0.1) is 10.1 Å². The quantitative estimate of drug-likeness (QED) is 0.623. The number of benzene rings is 2. The number of carbonyl (C=O) groups is 2. The van der Waals surface area contributed by atoms with E-state index >= 15 is 0 Å². The molecule has 0 aliphatic carbocycles. The van der Waals surface area contributed by atoms with Gasteiger partial charge in [0.1, 0.15) is 0 Å². The van der Waals surface area contributed by atoms with Crippen LogP contribution in [0.25, 0.3) is 0 Å². The summed E-state index contributed by atoms with van der Waals surface area (Å²) in [7, 11) is 0. The third-order valence-electron chi connectivity index (χ3n) is 4.21. The van der Waals surface area contributed by atoms with Crippen molar-refractivity contribution < 1.29 is 19.2 Å². The van der Waals surface area contributed by atoms with Gasteiger partial charge in [-0.2, -0.15) is 0 Å². The van der Waals surface area contributed by atoms with Gasteiger partial charge in [0.05, 0.1) is 4.92 Å². The summed E-state index contributed by atoms with van der Waals surface area (Å²) in [5, 5.41) is 13.6. The Morgan fingerprint density at radius 3 is 2.59 bits per heavy atom. The van der Waals surface area contributed by atoms with Crippen LogP contribution < -0.4 is 10.1 Å². The first-order chi connectivity index (χ1) is 13.0. The minimum absolute atomic E-state index is 0.0237. The standard InChI is InChI=1S/C19H19N3O5/c23-18(13-27-17-9-2-1-8-16(17)22(25)26)20-15-7-5-6-14(12-15)19(24)21-10-3-4-11-21/h1-2,5-9,12H,3-4,10-11,13H2,(H,20,23). The number of nitrogens with zero attached hydrogens (tertiary/aromatic N) is 2. The van der Waals surface area contributed by atoms with Crippen LogP contribution in [0.1, 0.15) is 23.2 Å². The second kappa shape index (κ2) is 8.31. The smallest absolute Gasteiger partial charge is 0.310 e. The average molecular weight is 369 g/mol. The first-order valence-corrected chi connectivity index (χ1v) is 8.60. The zero-order chi connectivity index (χ0) is 19.2. The molecule has 1 N–H and O–H groups in total. The van der Waals surface area contributed by atoms with Crippen LogP contribution in [0.2, 0.25) is 0 Å². The molecule has 2 aromatic rings. The lowest BCUT2D eigenvalue weighted by molar-refractivity contribution is -0.385. The maximum atomic E-state index is 12.4. The molecule has 8 heteroatoms. The van der Waals surface area contributed by atoms with Crippen molar-refractivity contribution in [3.05, 3.63) is 64.2 Å². The van der Waals surface area contributed by atoms with E-state index < -0.39 is 10.8 Å². The summed E-state index contributed by atoms with van der Waals surface area (Å²) in [6, 6.07) is 12.5. The van der Waals surface area contributed by atoms with Gasteiger partial charge in [-0.3, -0.25) is 19.7 Å². The van der Waals surface area contributed by atoms with Gasteiger partial charge in [0.15, 0.2) is 12.4 Å². The monoisotopic (exact) mass is 369 g/mol. The van der Waals surface area contributed by atoms with Gasteiger partial charge in [0.25, 0.3) is 11.8 Å². The molecule has 3 rings (SSSR count). The molecule has 0 bridgehead atoms. The van der Waals surface area contributed by atoms with Gasteiger partial charge < -0.3 is 15.0 Å². The van der Waals surface area contributed by atoms with Gasteiger partial charge in [0, 0.05) is 30.4 Å². The molecule has 0 atom stereocenters. The first-order valence-electron chi connectivity index (χ1n) is 8.60. The summed E-state index contributed by atoms with van der Waals surface area (Å²) in [6.07, 6.45) is 2.01. The number of nitrogens with one attached hydrogen (secondary N) is 1. The number of nitro groups is 1. The lowest BCUT2D eigenvalue weighted by atomic mass is 10.1. The third kappa shape index (κ3) is 4.60. The van der Waals surface area contributed by atoms with Crippen molar-refractivity contribution >= 4 is 23.2 Å². The largest absolute Gasteiger partial charge is 0.477 e. The molecule has 1 aliphatic heterocycles. The number of rotatable bonds is 6. The van der Waals surface area contributed by atoms with E-state index in [-0.39, 0.29) is 24.0 Å². The van der Waals surface area contributed by atoms with E-state index in [0.29, 0.717) is 11.3 Å². The Labute approximate surface area is 155 Å². The maximum absolute atomic E-state index is 12.4. The molecule has 1 aliphatic rings. The van der Waals surface area contributed by atoms with E-state index in [9.17, 15) is 19.7 Å². The van der Waals surface area contributed by atoms with Crippen LogP contribution in [0.4, 0.5) is 11.4 Å². The van der Waals surface area contributed by atoms with Crippen molar-refractivity contribution in [3.8, 4) is 5.75 Å². The summed E-state index contributed by atoms with van der Waals surface area (Å²) in [4.78, 5) is 36.7. The lowest BCUT2D eigenvalue weighted by Crippen LogP contribution is -2.27. The molecule has 0 saturated carbocycles. The molecule has 0 spiro atoms. The van der Waals surface area contributed by atoms with Crippen molar-refractivity contribution in [1.29, 1.82) is 0 Å². The van der Waals surface area contributed by atoms with E-state index in [0.717, 1.165) is 25.9 Å². The predicted molar refractivity (Wildman–Crippen MR) is 98.8 cm³/mol. The summed E-state index contributed by atoms with van der Waals surface area (Å²) >= 11 is 0. The van der Waals surface area contributed by atoms with Crippen molar-refractivity contribution in [2.24, 2.45) is 0 Å². The SMILES string of the molecule is O=C(COc1ccccc1[N+](=O)[O-])Nc1cccc(C(=O)N2CCCC2)c1. The van der Waals surface area contributed by atoms with E-state index in [1.54, 1.807) is 35.2 Å². The van der Waals surface area contributed by atoms with Crippen molar-refractivity contribution in [2.75, 3.05) is 25.0 Å². The first kappa shape index (κ1) is 18.4. The van der Waals surface area contributed by atoms with E-state index in [2.05, 4.69) is 5.32 Å². The van der Waals surface area contributed by atoms with Crippen molar-refractivity contribution in [1.82, 2.24) is 4.90 Å². The number of carbonyl (C=O) groups excluding carboxylic acids is 2. The molecule has 0 aromatic heterocycles. The molecule has 0 radical (unpaired) electrons. The number of ether oxygens (including phenoxy) is 1. The van der Waals surface area contributed by atoms with Gasteiger partial charge in [-0.15, -0.1) is 0 Å². The number of likely N-dealkylation sites (tertiary alicyclic amines) is 1. The molecule has 2 aromatic carbocycles. The van der Waals surface area contributed by atoms with Crippen LogP contribution in [0.3, 0.4) is 0 Å². The van der Waals surface area contributed by atoms with Gasteiger partial charge in [-0.25, -0.2) is 0 Å². The molecule has 27 heavy (non-hydrogen) atoms. The maximum Gasteiger partial charge on any atom is 0.310 e. The second-order valence-electron chi connectivity index (χ2n) is 6.14. The highest BCUT2D eigenvalue weighted by atomic mass is 16.6. The van der Waals surface area contributed by atoms with Gasteiger partial charge in [0.2, 0.25) is 0 Å². The van der Waals surface area contributed by atoms with Gasteiger partial charge in [-0.1, -0.05) is 18.2 Å². The normalized spacial score (nSPS) is 13.3. The van der Waals surface area contributed by atoms with Crippen LogP contribution in [-0.2, 0) is 4.79 Å². The zero-order valence-electron chi connectivity index (χ0n) is 14.6. The zero-order valence-corrected chi connectivity index (χ0v) is 14.6. The minimum atomic E-state index is -0.569. The van der Waals surface area contributed by atoms with Gasteiger partial charge >= 0.3 is 5.69 Å². The van der Waals surface area contributed by atoms with Crippen molar-refractivity contribution in [2.45, 2.75) is 12.8 Å². The van der Waals surface area contributed by atoms with E-state index in [4.69, 9.17) is 4.74 Å². The van der Waals surface area contributed by atoms with Crippen LogP contribution in [0.5, 0.6) is 5.75 Å². The van der Waals surface area contributed by atoms with Crippen LogP contribution in [0.15, 0.2) is 48.5 Å². The molecular formula is C19H19N3O5. The highest BCUT2D eigenvalue weighted by molar-refractivity contribution is 5.97. The number of hydrogen-bond acceptors (Lipinski definition) is 5. The minimum Gasteiger partial charge on any atom is -0.477 e. The molecule has 1 fully saturated rings.